The van der Waals surface area contributed by atoms with Crippen molar-refractivity contribution < 1.29 is 4.79 Å². The molecule has 22 heavy (non-hydrogen) atoms. The molecule has 0 saturated carbocycles. The number of amides is 1. The molecule has 1 aromatic carbocycles. The van der Waals surface area contributed by atoms with Crippen molar-refractivity contribution in [1.29, 1.82) is 0 Å². The minimum atomic E-state index is 0.0837. The van der Waals surface area contributed by atoms with Crippen molar-refractivity contribution in [3.8, 4) is 0 Å². The second-order valence-corrected chi connectivity index (χ2v) is 5.86. The minimum absolute atomic E-state index is 0.0837. The summed E-state index contributed by atoms with van der Waals surface area (Å²) < 4.78 is 0. The van der Waals surface area contributed by atoms with Crippen LogP contribution in [-0.2, 0) is 17.9 Å². The van der Waals surface area contributed by atoms with Crippen molar-refractivity contribution in [2.75, 3.05) is 13.1 Å². The summed E-state index contributed by atoms with van der Waals surface area (Å²) >= 11 is 0. The molecule has 1 atom stereocenters. The third kappa shape index (κ3) is 3.95. The Bertz CT molecular complexity index is 582. The van der Waals surface area contributed by atoms with E-state index in [2.05, 4.69) is 44.7 Å². The van der Waals surface area contributed by atoms with Gasteiger partial charge in [0.2, 0.25) is 5.91 Å². The number of likely N-dealkylation sites (tertiary alicyclic amines) is 1. The average Bonchev–Trinajstić information content (AvgIpc) is 3.07. The number of hydrogen-bond acceptors (Lipinski definition) is 3. The van der Waals surface area contributed by atoms with E-state index < -0.39 is 0 Å². The lowest BCUT2D eigenvalue weighted by molar-refractivity contribution is -0.127. The molecule has 5 heteroatoms. The van der Waals surface area contributed by atoms with E-state index in [1.54, 1.807) is 6.20 Å². The summed E-state index contributed by atoms with van der Waals surface area (Å²) in [6.45, 7) is 3.35. The molecule has 1 unspecified atom stereocenters. The van der Waals surface area contributed by atoms with Crippen molar-refractivity contribution >= 4 is 5.91 Å². The molecule has 3 rings (SSSR count). The van der Waals surface area contributed by atoms with Crippen molar-refractivity contribution in [2.45, 2.75) is 25.9 Å². The first-order valence-electron chi connectivity index (χ1n) is 7.83. The lowest BCUT2D eigenvalue weighted by Gasteiger charge is -2.32. The first-order valence-corrected chi connectivity index (χ1v) is 7.83. The van der Waals surface area contributed by atoms with Crippen LogP contribution in [0.3, 0.4) is 0 Å². The zero-order valence-electron chi connectivity index (χ0n) is 12.7. The van der Waals surface area contributed by atoms with Gasteiger partial charge in [0.05, 0.1) is 18.2 Å². The predicted octanol–water partition coefficient (Wildman–Crippen LogP) is 1.94. The summed E-state index contributed by atoms with van der Waals surface area (Å²) in [6, 6.07) is 12.3. The first kappa shape index (κ1) is 14.8. The summed E-state index contributed by atoms with van der Waals surface area (Å²) in [5, 5.41) is 9.75. The average molecular weight is 298 g/mol. The molecular formula is C17H22N4O. The maximum Gasteiger partial charge on any atom is 0.224 e. The van der Waals surface area contributed by atoms with E-state index in [1.165, 1.54) is 5.56 Å². The molecule has 1 aliphatic rings. The number of aromatic nitrogens is 2. The number of nitrogens with one attached hydrogen (secondary N) is 2. The van der Waals surface area contributed by atoms with Crippen LogP contribution in [0, 0.1) is 5.92 Å². The van der Waals surface area contributed by atoms with Gasteiger partial charge in [-0.3, -0.25) is 14.8 Å². The third-order valence-corrected chi connectivity index (χ3v) is 4.14. The fourth-order valence-corrected chi connectivity index (χ4v) is 2.96. The molecule has 0 aliphatic carbocycles. The van der Waals surface area contributed by atoms with E-state index in [4.69, 9.17) is 0 Å². The molecule has 1 saturated heterocycles. The smallest absolute Gasteiger partial charge is 0.224 e. The topological polar surface area (TPSA) is 61.0 Å². The van der Waals surface area contributed by atoms with Gasteiger partial charge in [-0.05, 0) is 31.0 Å². The van der Waals surface area contributed by atoms with Crippen molar-refractivity contribution in [2.24, 2.45) is 5.92 Å². The van der Waals surface area contributed by atoms with E-state index in [9.17, 15) is 4.79 Å². The summed E-state index contributed by atoms with van der Waals surface area (Å²) in [6.07, 6.45) is 3.75. The Hall–Kier alpha value is -2.14. The zero-order chi connectivity index (χ0) is 15.2. The van der Waals surface area contributed by atoms with E-state index >= 15 is 0 Å². The maximum absolute atomic E-state index is 12.3. The number of carbonyl (C=O) groups is 1. The molecule has 2 N–H and O–H groups in total. The molecule has 1 amide bonds. The Kier molecular flexibility index (Phi) is 4.85. The lowest BCUT2D eigenvalue weighted by Crippen LogP contribution is -2.42. The quantitative estimate of drug-likeness (QED) is 0.887. The van der Waals surface area contributed by atoms with Gasteiger partial charge in [0, 0.05) is 19.3 Å². The van der Waals surface area contributed by atoms with Crippen LogP contribution in [0.1, 0.15) is 24.1 Å². The van der Waals surface area contributed by atoms with Gasteiger partial charge >= 0.3 is 0 Å². The summed E-state index contributed by atoms with van der Waals surface area (Å²) in [5.74, 6) is 0.229. The van der Waals surface area contributed by atoms with E-state index in [-0.39, 0.29) is 11.8 Å². The van der Waals surface area contributed by atoms with Crippen LogP contribution in [0.25, 0.3) is 0 Å². The number of piperidine rings is 1. The first-order chi connectivity index (χ1) is 10.8. The Morgan fingerprint density at radius 1 is 1.32 bits per heavy atom. The monoisotopic (exact) mass is 298 g/mol. The van der Waals surface area contributed by atoms with Gasteiger partial charge in [-0.2, -0.15) is 5.10 Å². The van der Waals surface area contributed by atoms with Crippen molar-refractivity contribution in [3.05, 3.63) is 53.9 Å². The van der Waals surface area contributed by atoms with Gasteiger partial charge in [-0.1, -0.05) is 30.3 Å². The number of rotatable bonds is 5. The fraction of sp³-hybridized carbons (Fsp3) is 0.412. The highest BCUT2D eigenvalue weighted by atomic mass is 16.1. The molecule has 0 bridgehead atoms. The Morgan fingerprint density at radius 2 is 2.18 bits per heavy atom. The van der Waals surface area contributed by atoms with Crippen LogP contribution in [-0.4, -0.2) is 34.1 Å². The molecule has 2 aromatic rings. The van der Waals surface area contributed by atoms with Crippen molar-refractivity contribution in [1.82, 2.24) is 20.4 Å². The second kappa shape index (κ2) is 7.22. The van der Waals surface area contributed by atoms with Gasteiger partial charge in [0.15, 0.2) is 0 Å². The second-order valence-electron chi connectivity index (χ2n) is 5.86. The predicted molar refractivity (Wildman–Crippen MR) is 84.9 cm³/mol. The van der Waals surface area contributed by atoms with Crippen LogP contribution in [0.2, 0.25) is 0 Å². The molecule has 2 heterocycles. The number of benzene rings is 1. The van der Waals surface area contributed by atoms with E-state index in [0.717, 1.165) is 38.2 Å². The van der Waals surface area contributed by atoms with Crippen LogP contribution in [0.4, 0.5) is 0 Å². The van der Waals surface area contributed by atoms with Crippen LogP contribution in [0.5, 0.6) is 0 Å². The largest absolute Gasteiger partial charge is 0.350 e. The highest BCUT2D eigenvalue weighted by Gasteiger charge is 2.25. The van der Waals surface area contributed by atoms with E-state index in [1.807, 2.05) is 12.1 Å². The maximum atomic E-state index is 12.3. The van der Waals surface area contributed by atoms with Gasteiger partial charge in [-0.15, -0.1) is 0 Å². The molecular weight excluding hydrogens is 276 g/mol. The van der Waals surface area contributed by atoms with Gasteiger partial charge < -0.3 is 5.32 Å². The number of H-pyrrole nitrogens is 1. The van der Waals surface area contributed by atoms with Gasteiger partial charge in [0.1, 0.15) is 0 Å². The molecule has 0 spiro atoms. The minimum Gasteiger partial charge on any atom is -0.350 e. The normalized spacial score (nSPS) is 19.0. The number of carbonyl (C=O) groups excluding carboxylic acids is 1. The Balaban J connectivity index is 1.50. The van der Waals surface area contributed by atoms with Gasteiger partial charge in [0.25, 0.3) is 0 Å². The molecule has 1 aromatic heterocycles. The molecule has 116 valence electrons. The van der Waals surface area contributed by atoms with Crippen LogP contribution < -0.4 is 5.32 Å². The highest BCUT2D eigenvalue weighted by Crippen LogP contribution is 2.18. The van der Waals surface area contributed by atoms with Crippen molar-refractivity contribution in [3.63, 3.8) is 0 Å². The molecule has 0 radical (unpaired) electrons. The number of nitrogens with zero attached hydrogens (tertiary/aromatic N) is 2. The SMILES string of the molecule is O=C(NCc1ccn[nH]1)C1CCCN(Cc2ccccc2)C1. The summed E-state index contributed by atoms with van der Waals surface area (Å²) in [5.41, 5.74) is 2.24. The zero-order valence-corrected chi connectivity index (χ0v) is 12.7. The van der Waals surface area contributed by atoms with Crippen LogP contribution in [0.15, 0.2) is 42.6 Å². The lowest BCUT2D eigenvalue weighted by atomic mass is 9.96. The highest BCUT2D eigenvalue weighted by molar-refractivity contribution is 5.78. The van der Waals surface area contributed by atoms with Gasteiger partial charge in [-0.25, -0.2) is 0 Å². The molecule has 1 aliphatic heterocycles. The van der Waals surface area contributed by atoms with Crippen LogP contribution >= 0.6 is 0 Å². The number of aromatic amines is 1. The fourth-order valence-electron chi connectivity index (χ4n) is 2.96. The standard InChI is InChI=1S/C17H22N4O/c22-17(18-11-16-8-9-19-20-16)15-7-4-10-21(13-15)12-14-5-2-1-3-6-14/h1-3,5-6,8-9,15H,4,7,10-13H2,(H,18,22)(H,19,20). The van der Waals surface area contributed by atoms with E-state index in [0.29, 0.717) is 6.54 Å². The molecule has 5 nitrogen and oxygen atoms in total. The Labute approximate surface area is 130 Å². The summed E-state index contributed by atoms with van der Waals surface area (Å²) in [7, 11) is 0. The summed E-state index contributed by atoms with van der Waals surface area (Å²) in [4.78, 5) is 14.7. The molecule has 1 fully saturated rings. The number of hydrogen-bond donors (Lipinski definition) is 2. The Morgan fingerprint density at radius 3 is 2.95 bits per heavy atom. The third-order valence-electron chi connectivity index (χ3n) is 4.14.